The Hall–Kier alpha value is -1.81. The van der Waals surface area contributed by atoms with Crippen LogP contribution in [0.2, 0.25) is 5.15 Å². The van der Waals surface area contributed by atoms with Gasteiger partial charge in [0.05, 0.1) is 6.33 Å². The Balaban J connectivity index is 1.77. The minimum Gasteiger partial charge on any atom is -0.357 e. The number of carbonyl (C=O) groups excluding carboxylic acids is 1. The summed E-state index contributed by atoms with van der Waals surface area (Å²) in [4.78, 5) is 24.5. The van der Waals surface area contributed by atoms with Gasteiger partial charge in [0, 0.05) is 7.05 Å². The summed E-state index contributed by atoms with van der Waals surface area (Å²) in [6, 6.07) is 0. The van der Waals surface area contributed by atoms with Crippen molar-refractivity contribution in [3.63, 3.8) is 0 Å². The lowest BCUT2D eigenvalue weighted by Crippen LogP contribution is -2.41. The van der Waals surface area contributed by atoms with Gasteiger partial charge in [0.1, 0.15) is 24.1 Å². The van der Waals surface area contributed by atoms with Crippen molar-refractivity contribution in [2.24, 2.45) is 0 Å². The molecule has 2 aromatic heterocycles. The monoisotopic (exact) mass is 353 g/mol. The summed E-state index contributed by atoms with van der Waals surface area (Å²) in [6.45, 7) is 3.60. The summed E-state index contributed by atoms with van der Waals surface area (Å²) in [7, 11) is 1.55. The van der Waals surface area contributed by atoms with E-state index >= 15 is 0 Å². The fourth-order valence-corrected chi connectivity index (χ4v) is 3.34. The van der Waals surface area contributed by atoms with Gasteiger partial charge in [0.25, 0.3) is 5.91 Å². The molecule has 128 valence electrons. The predicted molar refractivity (Wildman–Crippen MR) is 82.1 cm³/mol. The van der Waals surface area contributed by atoms with Crippen LogP contribution in [0.3, 0.4) is 0 Å². The maximum atomic E-state index is 12.2. The lowest BCUT2D eigenvalue weighted by Gasteiger charge is -2.24. The summed E-state index contributed by atoms with van der Waals surface area (Å²) < 4.78 is 19.4. The van der Waals surface area contributed by atoms with E-state index in [9.17, 15) is 4.79 Å². The minimum absolute atomic E-state index is 0.250. The summed E-state index contributed by atoms with van der Waals surface area (Å²) in [6.07, 6.45) is 0.486. The number of nitrogens with zero attached hydrogens (tertiary/aromatic N) is 4. The van der Waals surface area contributed by atoms with Gasteiger partial charge in [-0.3, -0.25) is 9.36 Å². The van der Waals surface area contributed by atoms with Crippen LogP contribution in [0.1, 0.15) is 20.1 Å². The zero-order chi connectivity index (χ0) is 17.1. The highest BCUT2D eigenvalue weighted by molar-refractivity contribution is 6.33. The lowest BCUT2D eigenvalue weighted by atomic mass is 10.1. The molecule has 1 amide bonds. The molecule has 0 bridgehead atoms. The van der Waals surface area contributed by atoms with E-state index in [0.29, 0.717) is 11.2 Å². The standard InChI is InChI=1S/C14H16ClN5O4/c1-14(2)23-7-8(12(21)16-3)22-13(9(7)24-14)20-5-19-6-10(15)17-4-18-11(6)20/h4-5,7-9,13H,1-3H3,(H,16,21)/t7-,8-,9+,13+/m0/s1. The Kier molecular flexibility index (Phi) is 3.50. The third kappa shape index (κ3) is 2.27. The van der Waals surface area contributed by atoms with Gasteiger partial charge in [0.15, 0.2) is 28.9 Å². The number of halogens is 1. The molecule has 2 aromatic rings. The quantitative estimate of drug-likeness (QED) is 0.791. The first-order valence-electron chi connectivity index (χ1n) is 7.47. The van der Waals surface area contributed by atoms with E-state index in [1.165, 1.54) is 6.33 Å². The van der Waals surface area contributed by atoms with Gasteiger partial charge in [-0.1, -0.05) is 11.6 Å². The van der Waals surface area contributed by atoms with E-state index in [4.69, 9.17) is 25.8 Å². The molecule has 24 heavy (non-hydrogen) atoms. The van der Waals surface area contributed by atoms with Crippen LogP contribution in [0.15, 0.2) is 12.7 Å². The Labute approximate surface area is 142 Å². The van der Waals surface area contributed by atoms with Crippen molar-refractivity contribution in [2.45, 2.75) is 44.2 Å². The van der Waals surface area contributed by atoms with Crippen molar-refractivity contribution < 1.29 is 19.0 Å². The molecule has 10 heteroatoms. The number of fused-ring (bicyclic) bond motifs is 2. The van der Waals surface area contributed by atoms with Crippen LogP contribution in [-0.2, 0) is 19.0 Å². The van der Waals surface area contributed by atoms with E-state index < -0.39 is 30.3 Å². The summed E-state index contributed by atoms with van der Waals surface area (Å²) in [5, 5.41) is 2.84. The molecule has 0 unspecified atom stereocenters. The van der Waals surface area contributed by atoms with Gasteiger partial charge < -0.3 is 19.5 Å². The second-order valence-corrected chi connectivity index (χ2v) is 6.47. The number of carbonyl (C=O) groups is 1. The van der Waals surface area contributed by atoms with E-state index in [2.05, 4.69) is 20.3 Å². The second-order valence-electron chi connectivity index (χ2n) is 6.11. The van der Waals surface area contributed by atoms with Crippen LogP contribution < -0.4 is 5.32 Å². The summed E-state index contributed by atoms with van der Waals surface area (Å²) in [5.74, 6) is -1.09. The van der Waals surface area contributed by atoms with Crippen molar-refractivity contribution in [3.8, 4) is 0 Å². The molecule has 0 aliphatic carbocycles. The summed E-state index contributed by atoms with van der Waals surface area (Å²) >= 11 is 6.05. The molecule has 0 radical (unpaired) electrons. The Morgan fingerprint density at radius 1 is 1.29 bits per heavy atom. The number of hydrogen-bond acceptors (Lipinski definition) is 7. The van der Waals surface area contributed by atoms with Gasteiger partial charge in [0.2, 0.25) is 0 Å². The van der Waals surface area contributed by atoms with Crippen molar-refractivity contribution in [3.05, 3.63) is 17.8 Å². The predicted octanol–water partition coefficient (Wildman–Crippen LogP) is 0.643. The maximum Gasteiger partial charge on any atom is 0.251 e. The molecule has 4 rings (SSSR count). The highest BCUT2D eigenvalue weighted by atomic mass is 35.5. The molecular weight excluding hydrogens is 338 g/mol. The summed E-state index contributed by atoms with van der Waals surface area (Å²) in [5.41, 5.74) is 0.963. The topological polar surface area (TPSA) is 100 Å². The molecule has 0 spiro atoms. The number of ether oxygens (including phenoxy) is 3. The minimum atomic E-state index is -0.813. The van der Waals surface area contributed by atoms with Crippen molar-refractivity contribution in [1.82, 2.24) is 24.8 Å². The van der Waals surface area contributed by atoms with Gasteiger partial charge >= 0.3 is 0 Å². The molecule has 2 saturated heterocycles. The highest BCUT2D eigenvalue weighted by Crippen LogP contribution is 2.43. The largest absolute Gasteiger partial charge is 0.357 e. The Morgan fingerprint density at radius 2 is 2.04 bits per heavy atom. The Morgan fingerprint density at radius 3 is 2.79 bits per heavy atom. The van der Waals surface area contributed by atoms with Crippen LogP contribution in [0.4, 0.5) is 0 Å². The van der Waals surface area contributed by atoms with Crippen LogP contribution in [0, 0.1) is 0 Å². The lowest BCUT2D eigenvalue weighted by molar-refractivity contribution is -0.197. The van der Waals surface area contributed by atoms with E-state index in [0.717, 1.165) is 0 Å². The number of nitrogens with one attached hydrogen (secondary N) is 1. The number of likely N-dealkylation sites (N-methyl/N-ethyl adjacent to an activating group) is 1. The van der Waals surface area contributed by atoms with Crippen molar-refractivity contribution >= 4 is 28.7 Å². The molecule has 1 N–H and O–H groups in total. The average Bonchev–Trinajstić information content (AvgIpc) is 3.18. The number of rotatable bonds is 2. The van der Waals surface area contributed by atoms with Crippen LogP contribution in [-0.4, -0.2) is 56.6 Å². The molecule has 4 heterocycles. The second kappa shape index (κ2) is 5.35. The molecule has 9 nitrogen and oxygen atoms in total. The average molecular weight is 354 g/mol. The normalized spacial score (nSPS) is 31.3. The SMILES string of the molecule is CNC(=O)[C@H]1O[C@@H](n2cnc3c(Cl)ncnc32)[C@@H]2OC(C)(C)O[C@H]21. The Bertz CT molecular complexity index is 810. The molecule has 2 fully saturated rings. The number of hydrogen-bond donors (Lipinski definition) is 1. The molecule has 0 aromatic carbocycles. The fraction of sp³-hybridized carbons (Fsp3) is 0.571. The number of aromatic nitrogens is 4. The first-order chi connectivity index (χ1) is 11.4. The van der Waals surface area contributed by atoms with Gasteiger partial charge in [-0.2, -0.15) is 0 Å². The molecule has 0 saturated carbocycles. The molecule has 2 aliphatic rings. The van der Waals surface area contributed by atoms with Crippen LogP contribution in [0.5, 0.6) is 0 Å². The number of amides is 1. The van der Waals surface area contributed by atoms with Gasteiger partial charge in [-0.25, -0.2) is 15.0 Å². The zero-order valence-corrected chi connectivity index (χ0v) is 14.0. The van der Waals surface area contributed by atoms with Crippen LogP contribution in [0.25, 0.3) is 11.2 Å². The number of imidazole rings is 1. The zero-order valence-electron chi connectivity index (χ0n) is 13.3. The van der Waals surface area contributed by atoms with E-state index in [1.54, 1.807) is 31.8 Å². The highest BCUT2D eigenvalue weighted by Gasteiger charge is 2.58. The van der Waals surface area contributed by atoms with E-state index in [-0.39, 0.29) is 11.1 Å². The molecular formula is C14H16ClN5O4. The fourth-order valence-electron chi connectivity index (χ4n) is 3.16. The molecule has 2 aliphatic heterocycles. The van der Waals surface area contributed by atoms with Crippen LogP contribution >= 0.6 is 11.6 Å². The smallest absolute Gasteiger partial charge is 0.251 e. The van der Waals surface area contributed by atoms with E-state index in [1.807, 2.05) is 0 Å². The van der Waals surface area contributed by atoms with Gasteiger partial charge in [-0.05, 0) is 13.8 Å². The first kappa shape index (κ1) is 15.7. The third-order valence-corrected chi connectivity index (χ3v) is 4.40. The van der Waals surface area contributed by atoms with Crippen molar-refractivity contribution in [1.29, 1.82) is 0 Å². The van der Waals surface area contributed by atoms with Gasteiger partial charge in [-0.15, -0.1) is 0 Å². The third-order valence-electron chi connectivity index (χ3n) is 4.12. The van der Waals surface area contributed by atoms with Crippen molar-refractivity contribution in [2.75, 3.05) is 7.05 Å². The maximum absolute atomic E-state index is 12.2. The molecule has 4 atom stereocenters. The first-order valence-corrected chi connectivity index (χ1v) is 7.85.